The minimum atomic E-state index is -0.465. The average Bonchev–Trinajstić information content (AvgIpc) is 2.24. The molecule has 0 radical (unpaired) electrons. The van der Waals surface area contributed by atoms with Gasteiger partial charge in [-0.3, -0.25) is 4.79 Å². The van der Waals surface area contributed by atoms with Crippen molar-refractivity contribution in [2.24, 2.45) is 0 Å². The standard InChI is InChI=1S/C10H8BrNO3/c1-15-9(13)4-7-2-6(5-12)3-8(11)10(7)14/h2-3,14H,4H2,1H3. The third-order valence-corrected chi connectivity index (χ3v) is 2.44. The number of carbonyl (C=O) groups excluding carboxylic acids is 1. The lowest BCUT2D eigenvalue weighted by atomic mass is 10.1. The van der Waals surface area contributed by atoms with Gasteiger partial charge in [0.05, 0.1) is 29.6 Å². The second-order valence-electron chi connectivity index (χ2n) is 2.83. The Kier molecular flexibility index (Phi) is 3.69. The first-order valence-corrected chi connectivity index (χ1v) is 4.86. The third-order valence-electron chi connectivity index (χ3n) is 1.83. The van der Waals surface area contributed by atoms with Crippen LogP contribution in [0.15, 0.2) is 16.6 Å². The maximum absolute atomic E-state index is 11.0. The number of halogens is 1. The Morgan fingerprint density at radius 1 is 1.67 bits per heavy atom. The highest BCUT2D eigenvalue weighted by atomic mass is 79.9. The summed E-state index contributed by atoms with van der Waals surface area (Å²) < 4.78 is 4.86. The average molecular weight is 270 g/mol. The summed E-state index contributed by atoms with van der Waals surface area (Å²) in [5.74, 6) is -0.508. The van der Waals surface area contributed by atoms with E-state index in [1.54, 1.807) is 0 Å². The molecule has 5 heteroatoms. The van der Waals surface area contributed by atoms with Gasteiger partial charge in [0, 0.05) is 5.56 Å². The number of nitriles is 1. The Labute approximate surface area is 95.2 Å². The molecular formula is C10H8BrNO3. The minimum Gasteiger partial charge on any atom is -0.506 e. The first-order valence-electron chi connectivity index (χ1n) is 4.06. The van der Waals surface area contributed by atoms with E-state index in [2.05, 4.69) is 20.7 Å². The van der Waals surface area contributed by atoms with Gasteiger partial charge in [0.2, 0.25) is 0 Å². The molecule has 0 aliphatic heterocycles. The second-order valence-corrected chi connectivity index (χ2v) is 3.68. The number of ether oxygens (including phenoxy) is 1. The molecule has 1 aromatic rings. The summed E-state index contributed by atoms with van der Waals surface area (Å²) in [5, 5.41) is 18.3. The normalized spacial score (nSPS) is 9.40. The molecule has 0 aromatic heterocycles. The SMILES string of the molecule is COC(=O)Cc1cc(C#N)cc(Br)c1O. The second kappa shape index (κ2) is 4.80. The molecule has 0 fully saturated rings. The van der Waals surface area contributed by atoms with Gasteiger partial charge in [-0.05, 0) is 28.1 Å². The Balaban J connectivity index is 3.12. The molecule has 0 heterocycles. The van der Waals surface area contributed by atoms with Crippen LogP contribution in [-0.4, -0.2) is 18.2 Å². The summed E-state index contributed by atoms with van der Waals surface area (Å²) >= 11 is 3.10. The zero-order valence-electron chi connectivity index (χ0n) is 7.95. The summed E-state index contributed by atoms with van der Waals surface area (Å²) in [6.45, 7) is 0. The number of hydrogen-bond donors (Lipinski definition) is 1. The number of phenolic OH excluding ortho intramolecular Hbond substituents is 1. The Bertz CT molecular complexity index is 437. The van der Waals surface area contributed by atoms with Crippen LogP contribution in [0.4, 0.5) is 0 Å². The van der Waals surface area contributed by atoms with Gasteiger partial charge in [0.1, 0.15) is 5.75 Å². The van der Waals surface area contributed by atoms with Crippen LogP contribution >= 0.6 is 15.9 Å². The summed E-state index contributed by atoms with van der Waals surface area (Å²) in [4.78, 5) is 11.0. The molecule has 15 heavy (non-hydrogen) atoms. The van der Waals surface area contributed by atoms with Gasteiger partial charge in [-0.25, -0.2) is 0 Å². The molecule has 0 atom stereocenters. The lowest BCUT2D eigenvalue weighted by molar-refractivity contribution is -0.139. The molecule has 1 N–H and O–H groups in total. The van der Waals surface area contributed by atoms with Crippen LogP contribution in [0, 0.1) is 11.3 Å². The van der Waals surface area contributed by atoms with E-state index in [0.29, 0.717) is 15.6 Å². The van der Waals surface area contributed by atoms with Crippen LogP contribution in [0.1, 0.15) is 11.1 Å². The fourth-order valence-electron chi connectivity index (χ4n) is 1.08. The van der Waals surface area contributed by atoms with Crippen LogP contribution < -0.4 is 0 Å². The van der Waals surface area contributed by atoms with E-state index in [4.69, 9.17) is 5.26 Å². The lowest BCUT2D eigenvalue weighted by Crippen LogP contribution is -2.05. The minimum absolute atomic E-state index is 0.0422. The van der Waals surface area contributed by atoms with Crippen molar-refractivity contribution in [2.45, 2.75) is 6.42 Å². The van der Waals surface area contributed by atoms with Crippen LogP contribution in [0.3, 0.4) is 0 Å². The Hall–Kier alpha value is -1.54. The highest BCUT2D eigenvalue weighted by molar-refractivity contribution is 9.10. The quantitative estimate of drug-likeness (QED) is 0.831. The van der Waals surface area contributed by atoms with E-state index in [-0.39, 0.29) is 12.2 Å². The zero-order valence-corrected chi connectivity index (χ0v) is 9.54. The number of benzene rings is 1. The monoisotopic (exact) mass is 269 g/mol. The first kappa shape index (κ1) is 11.5. The molecule has 1 aromatic carbocycles. The predicted octanol–water partition coefficient (Wildman–Crippen LogP) is 1.74. The van der Waals surface area contributed by atoms with Gasteiger partial charge in [-0.1, -0.05) is 0 Å². The van der Waals surface area contributed by atoms with Crippen molar-refractivity contribution in [2.75, 3.05) is 7.11 Å². The van der Waals surface area contributed by atoms with E-state index >= 15 is 0 Å². The van der Waals surface area contributed by atoms with E-state index in [1.165, 1.54) is 19.2 Å². The maximum Gasteiger partial charge on any atom is 0.310 e. The predicted molar refractivity (Wildman–Crippen MR) is 56.2 cm³/mol. The van der Waals surface area contributed by atoms with Gasteiger partial charge < -0.3 is 9.84 Å². The Morgan fingerprint density at radius 3 is 2.87 bits per heavy atom. The fourth-order valence-corrected chi connectivity index (χ4v) is 1.58. The highest BCUT2D eigenvalue weighted by Crippen LogP contribution is 2.29. The number of hydrogen-bond acceptors (Lipinski definition) is 4. The van der Waals surface area contributed by atoms with Crippen molar-refractivity contribution in [3.05, 3.63) is 27.7 Å². The van der Waals surface area contributed by atoms with Crippen LogP contribution in [0.25, 0.3) is 0 Å². The first-order chi connectivity index (χ1) is 7.08. The van der Waals surface area contributed by atoms with Gasteiger partial charge in [0.15, 0.2) is 0 Å². The summed E-state index contributed by atoms with van der Waals surface area (Å²) in [5.41, 5.74) is 0.742. The molecule has 78 valence electrons. The smallest absolute Gasteiger partial charge is 0.310 e. The molecule has 0 bridgehead atoms. The number of carbonyl (C=O) groups is 1. The fraction of sp³-hybridized carbons (Fsp3) is 0.200. The molecule has 0 unspecified atom stereocenters. The molecule has 0 aliphatic rings. The maximum atomic E-state index is 11.0. The highest BCUT2D eigenvalue weighted by Gasteiger charge is 2.12. The van der Waals surface area contributed by atoms with E-state index in [0.717, 1.165) is 0 Å². The zero-order chi connectivity index (χ0) is 11.4. The van der Waals surface area contributed by atoms with Crippen LogP contribution in [0.5, 0.6) is 5.75 Å². The largest absolute Gasteiger partial charge is 0.506 e. The number of nitrogens with zero attached hydrogens (tertiary/aromatic N) is 1. The molecular weight excluding hydrogens is 262 g/mol. The number of aromatic hydroxyl groups is 1. The lowest BCUT2D eigenvalue weighted by Gasteiger charge is -2.05. The van der Waals surface area contributed by atoms with Crippen molar-refractivity contribution < 1.29 is 14.6 Å². The molecule has 0 saturated carbocycles. The number of methoxy groups -OCH3 is 1. The van der Waals surface area contributed by atoms with Crippen LogP contribution in [-0.2, 0) is 16.0 Å². The Morgan fingerprint density at radius 2 is 2.33 bits per heavy atom. The van der Waals surface area contributed by atoms with E-state index in [1.807, 2.05) is 6.07 Å². The van der Waals surface area contributed by atoms with Gasteiger partial charge in [-0.15, -0.1) is 0 Å². The number of phenols is 1. The molecule has 0 amide bonds. The third kappa shape index (κ3) is 2.70. The van der Waals surface area contributed by atoms with Crippen molar-refractivity contribution in [3.63, 3.8) is 0 Å². The van der Waals surface area contributed by atoms with Gasteiger partial charge in [-0.2, -0.15) is 5.26 Å². The van der Waals surface area contributed by atoms with E-state index in [9.17, 15) is 9.90 Å². The number of rotatable bonds is 2. The summed E-state index contributed by atoms with van der Waals surface area (Å²) in [6.07, 6.45) is -0.0591. The van der Waals surface area contributed by atoms with Crippen molar-refractivity contribution >= 4 is 21.9 Å². The van der Waals surface area contributed by atoms with Crippen molar-refractivity contribution in [1.82, 2.24) is 0 Å². The topological polar surface area (TPSA) is 70.3 Å². The van der Waals surface area contributed by atoms with Crippen molar-refractivity contribution in [3.8, 4) is 11.8 Å². The molecule has 0 saturated heterocycles. The molecule has 0 spiro atoms. The molecule has 4 nitrogen and oxygen atoms in total. The summed E-state index contributed by atoms with van der Waals surface area (Å²) in [6, 6.07) is 4.87. The summed E-state index contributed by atoms with van der Waals surface area (Å²) in [7, 11) is 1.27. The van der Waals surface area contributed by atoms with Crippen molar-refractivity contribution in [1.29, 1.82) is 5.26 Å². The number of esters is 1. The van der Waals surface area contributed by atoms with Gasteiger partial charge in [0.25, 0.3) is 0 Å². The van der Waals surface area contributed by atoms with Crippen LogP contribution in [0.2, 0.25) is 0 Å². The van der Waals surface area contributed by atoms with E-state index < -0.39 is 5.97 Å². The molecule has 1 rings (SSSR count). The molecule has 0 aliphatic carbocycles. The van der Waals surface area contributed by atoms with Gasteiger partial charge >= 0.3 is 5.97 Å².